The first kappa shape index (κ1) is 13.4. The van der Waals surface area contributed by atoms with E-state index in [1.54, 1.807) is 25.1 Å². The Labute approximate surface area is 89.3 Å². The van der Waals surface area contributed by atoms with Gasteiger partial charge in [0.05, 0.1) is 5.60 Å². The van der Waals surface area contributed by atoms with Gasteiger partial charge in [-0.15, -0.1) is 12.4 Å². The molecule has 0 radical (unpaired) electrons. The van der Waals surface area contributed by atoms with Crippen LogP contribution in [-0.2, 0) is 5.60 Å². The Morgan fingerprint density at radius 3 is 2.50 bits per heavy atom. The van der Waals surface area contributed by atoms with Crippen LogP contribution in [0.5, 0.6) is 0 Å². The van der Waals surface area contributed by atoms with E-state index in [4.69, 9.17) is 5.73 Å². The zero-order valence-corrected chi connectivity index (χ0v) is 8.85. The molecule has 0 aromatic heterocycles. The highest BCUT2D eigenvalue weighted by Crippen LogP contribution is 2.25. The summed E-state index contributed by atoms with van der Waals surface area (Å²) in [6.07, 6.45) is 0.355. The molecule has 2 nitrogen and oxygen atoms in total. The fourth-order valence-electron chi connectivity index (χ4n) is 1.31. The van der Waals surface area contributed by atoms with Crippen LogP contribution in [0.3, 0.4) is 0 Å². The highest BCUT2D eigenvalue weighted by atomic mass is 35.5. The number of aliphatic hydroxyl groups is 1. The number of hydrogen-bond acceptors (Lipinski definition) is 2. The van der Waals surface area contributed by atoms with Crippen LogP contribution in [0.25, 0.3) is 0 Å². The predicted octanol–water partition coefficient (Wildman–Crippen LogP) is 1.80. The van der Waals surface area contributed by atoms with Gasteiger partial charge in [-0.25, -0.2) is 4.39 Å². The van der Waals surface area contributed by atoms with Crippen LogP contribution < -0.4 is 5.73 Å². The van der Waals surface area contributed by atoms with Gasteiger partial charge in [-0.2, -0.15) is 0 Å². The van der Waals surface area contributed by atoms with Crippen molar-refractivity contribution in [1.82, 2.24) is 0 Å². The van der Waals surface area contributed by atoms with Gasteiger partial charge in [0.15, 0.2) is 0 Å². The molecule has 4 heteroatoms. The van der Waals surface area contributed by atoms with E-state index < -0.39 is 5.60 Å². The monoisotopic (exact) mass is 219 g/mol. The molecule has 3 N–H and O–H groups in total. The molecule has 1 unspecified atom stereocenters. The van der Waals surface area contributed by atoms with Crippen molar-refractivity contribution < 1.29 is 9.50 Å². The van der Waals surface area contributed by atoms with Crippen LogP contribution >= 0.6 is 12.4 Å². The zero-order valence-electron chi connectivity index (χ0n) is 8.03. The Balaban J connectivity index is 0.00000169. The molecule has 0 spiro atoms. The van der Waals surface area contributed by atoms with Gasteiger partial charge in [0.25, 0.3) is 0 Å². The summed E-state index contributed by atoms with van der Waals surface area (Å²) in [4.78, 5) is 0. The molecule has 0 aliphatic heterocycles. The van der Waals surface area contributed by atoms with E-state index in [2.05, 4.69) is 0 Å². The van der Waals surface area contributed by atoms with Crippen molar-refractivity contribution in [2.24, 2.45) is 5.73 Å². The van der Waals surface area contributed by atoms with Crippen LogP contribution in [0.2, 0.25) is 0 Å². The second-order valence-electron chi connectivity index (χ2n) is 3.29. The molecule has 0 saturated carbocycles. The van der Waals surface area contributed by atoms with Gasteiger partial charge in [0.2, 0.25) is 0 Å². The number of benzene rings is 1. The summed E-state index contributed by atoms with van der Waals surface area (Å²) in [5.41, 5.74) is 4.46. The Bertz CT molecular complexity index is 291. The quantitative estimate of drug-likeness (QED) is 0.815. The number of rotatable bonds is 3. The molecule has 0 bridgehead atoms. The molecule has 1 aromatic rings. The van der Waals surface area contributed by atoms with Crippen molar-refractivity contribution in [3.05, 3.63) is 35.6 Å². The van der Waals surface area contributed by atoms with E-state index in [9.17, 15) is 9.50 Å². The second-order valence-corrected chi connectivity index (χ2v) is 3.29. The lowest BCUT2D eigenvalue weighted by molar-refractivity contribution is 0.0467. The summed E-state index contributed by atoms with van der Waals surface area (Å²) >= 11 is 0. The van der Waals surface area contributed by atoms with E-state index in [-0.39, 0.29) is 18.2 Å². The fraction of sp³-hybridized carbons (Fsp3) is 0.400. The maximum Gasteiger partial charge on any atom is 0.129 e. The molecule has 1 atom stereocenters. The summed E-state index contributed by atoms with van der Waals surface area (Å²) in [5, 5.41) is 9.85. The van der Waals surface area contributed by atoms with Crippen LogP contribution in [0.15, 0.2) is 24.3 Å². The Morgan fingerprint density at radius 1 is 1.43 bits per heavy atom. The van der Waals surface area contributed by atoms with E-state index >= 15 is 0 Å². The molecule has 1 aromatic carbocycles. The van der Waals surface area contributed by atoms with Crippen molar-refractivity contribution in [3.8, 4) is 0 Å². The Kier molecular flexibility index (Phi) is 5.05. The van der Waals surface area contributed by atoms with E-state index in [0.717, 1.165) is 0 Å². The normalized spacial score (nSPS) is 14.3. The lowest BCUT2D eigenvalue weighted by Gasteiger charge is -2.23. The molecule has 0 aliphatic rings. The SMILES string of the molecule is CC(O)(CCN)c1ccccc1F.Cl. The predicted molar refractivity (Wildman–Crippen MR) is 56.9 cm³/mol. The maximum atomic E-state index is 13.2. The maximum absolute atomic E-state index is 13.2. The molecule has 1 rings (SSSR count). The van der Waals surface area contributed by atoms with E-state index in [0.29, 0.717) is 18.5 Å². The van der Waals surface area contributed by atoms with Gasteiger partial charge in [-0.1, -0.05) is 18.2 Å². The molecular weight excluding hydrogens is 205 g/mol. The van der Waals surface area contributed by atoms with Crippen LogP contribution in [0.4, 0.5) is 4.39 Å². The average Bonchev–Trinajstić information content (AvgIpc) is 2.04. The molecule has 0 heterocycles. The number of hydrogen-bond donors (Lipinski definition) is 2. The van der Waals surface area contributed by atoms with Gasteiger partial charge in [0, 0.05) is 5.56 Å². The first-order valence-electron chi connectivity index (χ1n) is 4.25. The molecular formula is C10H15ClFNO. The van der Waals surface area contributed by atoms with Gasteiger partial charge >= 0.3 is 0 Å². The summed E-state index contributed by atoms with van der Waals surface area (Å²) < 4.78 is 13.2. The van der Waals surface area contributed by atoms with Crippen molar-refractivity contribution in [2.75, 3.05) is 6.54 Å². The average molecular weight is 220 g/mol. The highest BCUT2D eigenvalue weighted by molar-refractivity contribution is 5.85. The van der Waals surface area contributed by atoms with E-state index in [1.807, 2.05) is 0 Å². The topological polar surface area (TPSA) is 46.2 Å². The third-order valence-electron chi connectivity index (χ3n) is 2.09. The summed E-state index contributed by atoms with van der Waals surface area (Å²) in [5.74, 6) is -0.388. The van der Waals surface area contributed by atoms with Gasteiger partial charge in [-0.3, -0.25) is 0 Å². The molecule has 80 valence electrons. The Hall–Kier alpha value is -0.640. The van der Waals surface area contributed by atoms with Gasteiger partial charge < -0.3 is 10.8 Å². The second kappa shape index (κ2) is 5.29. The van der Waals surface area contributed by atoms with Crippen molar-refractivity contribution in [2.45, 2.75) is 18.9 Å². The molecule has 0 aliphatic carbocycles. The van der Waals surface area contributed by atoms with Crippen molar-refractivity contribution >= 4 is 12.4 Å². The molecule has 14 heavy (non-hydrogen) atoms. The minimum absolute atomic E-state index is 0. The van der Waals surface area contributed by atoms with Crippen LogP contribution in [0.1, 0.15) is 18.9 Å². The van der Waals surface area contributed by atoms with Crippen molar-refractivity contribution in [3.63, 3.8) is 0 Å². The summed E-state index contributed by atoms with van der Waals surface area (Å²) in [7, 11) is 0. The Morgan fingerprint density at radius 2 is 2.00 bits per heavy atom. The van der Waals surface area contributed by atoms with Crippen molar-refractivity contribution in [1.29, 1.82) is 0 Å². The highest BCUT2D eigenvalue weighted by Gasteiger charge is 2.24. The first-order valence-corrected chi connectivity index (χ1v) is 4.25. The number of nitrogens with two attached hydrogens (primary N) is 1. The lowest BCUT2D eigenvalue weighted by Crippen LogP contribution is -2.26. The molecule has 0 saturated heterocycles. The largest absolute Gasteiger partial charge is 0.385 e. The number of halogens is 2. The van der Waals surface area contributed by atoms with Crippen LogP contribution in [0, 0.1) is 5.82 Å². The van der Waals surface area contributed by atoms with Gasteiger partial charge in [-0.05, 0) is 26.0 Å². The minimum Gasteiger partial charge on any atom is -0.385 e. The summed E-state index contributed by atoms with van der Waals surface area (Å²) in [6, 6.07) is 6.20. The lowest BCUT2D eigenvalue weighted by atomic mass is 9.92. The molecule has 0 fully saturated rings. The third-order valence-corrected chi connectivity index (χ3v) is 2.09. The van der Waals surface area contributed by atoms with Crippen LogP contribution in [-0.4, -0.2) is 11.7 Å². The zero-order chi connectivity index (χ0) is 9.90. The standard InChI is InChI=1S/C10H14FNO.ClH/c1-10(13,6-7-12)8-4-2-3-5-9(8)11;/h2-5,13H,6-7,12H2,1H3;1H. The fourth-order valence-corrected chi connectivity index (χ4v) is 1.31. The van der Waals surface area contributed by atoms with E-state index in [1.165, 1.54) is 6.07 Å². The smallest absolute Gasteiger partial charge is 0.129 e. The summed E-state index contributed by atoms with van der Waals surface area (Å²) in [6.45, 7) is 1.90. The van der Waals surface area contributed by atoms with Gasteiger partial charge in [0.1, 0.15) is 5.82 Å². The minimum atomic E-state index is -1.17. The third kappa shape index (κ3) is 2.94. The molecule has 0 amide bonds. The first-order chi connectivity index (χ1) is 6.08.